The van der Waals surface area contributed by atoms with Crippen molar-refractivity contribution < 1.29 is 0 Å². The number of imidazole rings is 1. The van der Waals surface area contributed by atoms with Gasteiger partial charge in [-0.15, -0.1) is 0 Å². The van der Waals surface area contributed by atoms with Crippen LogP contribution >= 0.6 is 0 Å². The maximum absolute atomic E-state index is 6.43. The zero-order valence-corrected chi connectivity index (χ0v) is 11.8. The molecule has 3 heteroatoms. The van der Waals surface area contributed by atoms with Gasteiger partial charge >= 0.3 is 0 Å². The van der Waals surface area contributed by atoms with E-state index in [0.29, 0.717) is 11.8 Å². The molecule has 3 nitrogen and oxygen atoms in total. The third-order valence-electron chi connectivity index (χ3n) is 4.68. The maximum Gasteiger partial charge on any atom is 0.127 e. The monoisotopic (exact) mass is 267 g/mol. The van der Waals surface area contributed by atoms with Crippen molar-refractivity contribution >= 4 is 5.82 Å². The second-order valence-electron chi connectivity index (χ2n) is 6.21. The minimum absolute atomic E-state index is 0.615. The Bertz CT molecular complexity index is 607. The average Bonchev–Trinajstić information content (AvgIpc) is 3.20. The summed E-state index contributed by atoms with van der Waals surface area (Å²) < 4.78 is 2.26. The van der Waals surface area contributed by atoms with Crippen LogP contribution in [0.5, 0.6) is 0 Å². The van der Waals surface area contributed by atoms with Crippen molar-refractivity contribution in [2.75, 3.05) is 5.73 Å². The molecule has 0 radical (unpaired) electrons. The quantitative estimate of drug-likeness (QED) is 0.918. The van der Waals surface area contributed by atoms with Gasteiger partial charge in [0.25, 0.3) is 0 Å². The number of anilines is 1. The SMILES string of the molecule is Nc1c(C2CCC2)nc(C2CC2)n1Cc1ccccc1. The molecule has 2 fully saturated rings. The van der Waals surface area contributed by atoms with Crippen LogP contribution in [0.2, 0.25) is 0 Å². The molecule has 2 aliphatic carbocycles. The van der Waals surface area contributed by atoms with Crippen molar-refractivity contribution in [3.8, 4) is 0 Å². The fourth-order valence-corrected chi connectivity index (χ4v) is 3.07. The third kappa shape index (κ3) is 2.01. The van der Waals surface area contributed by atoms with Crippen LogP contribution < -0.4 is 5.73 Å². The number of rotatable bonds is 4. The Labute approximate surface area is 119 Å². The fraction of sp³-hybridized carbons (Fsp3) is 0.471. The van der Waals surface area contributed by atoms with E-state index in [4.69, 9.17) is 10.7 Å². The molecule has 0 atom stereocenters. The van der Waals surface area contributed by atoms with Crippen LogP contribution in [-0.4, -0.2) is 9.55 Å². The normalized spacial score (nSPS) is 19.0. The van der Waals surface area contributed by atoms with Gasteiger partial charge in [-0.05, 0) is 31.2 Å². The van der Waals surface area contributed by atoms with Gasteiger partial charge in [0.2, 0.25) is 0 Å². The number of hydrogen-bond donors (Lipinski definition) is 1. The first kappa shape index (κ1) is 12.0. The van der Waals surface area contributed by atoms with Crippen LogP contribution in [0.4, 0.5) is 5.82 Å². The fourth-order valence-electron chi connectivity index (χ4n) is 3.07. The van der Waals surface area contributed by atoms with Crippen molar-refractivity contribution in [1.82, 2.24) is 9.55 Å². The van der Waals surface area contributed by atoms with Crippen LogP contribution in [0.15, 0.2) is 30.3 Å². The summed E-state index contributed by atoms with van der Waals surface area (Å²) in [5, 5.41) is 0. The Balaban J connectivity index is 1.71. The van der Waals surface area contributed by atoms with E-state index in [1.165, 1.54) is 49.2 Å². The summed E-state index contributed by atoms with van der Waals surface area (Å²) in [4.78, 5) is 4.93. The highest BCUT2D eigenvalue weighted by Gasteiger charge is 2.33. The van der Waals surface area contributed by atoms with Crippen LogP contribution in [0.25, 0.3) is 0 Å². The zero-order valence-electron chi connectivity index (χ0n) is 11.8. The highest BCUT2D eigenvalue weighted by molar-refractivity contribution is 5.43. The average molecular weight is 267 g/mol. The Morgan fingerprint density at radius 3 is 2.40 bits per heavy atom. The molecule has 1 heterocycles. The van der Waals surface area contributed by atoms with E-state index in [1.807, 2.05) is 0 Å². The molecule has 20 heavy (non-hydrogen) atoms. The van der Waals surface area contributed by atoms with Gasteiger partial charge in [0, 0.05) is 11.8 Å². The van der Waals surface area contributed by atoms with E-state index in [1.54, 1.807) is 0 Å². The molecule has 4 rings (SSSR count). The van der Waals surface area contributed by atoms with Gasteiger partial charge in [-0.3, -0.25) is 0 Å². The molecule has 1 aromatic heterocycles. The molecule has 0 spiro atoms. The first-order chi connectivity index (χ1) is 9.83. The Kier molecular flexibility index (Phi) is 2.79. The van der Waals surface area contributed by atoms with E-state index in [2.05, 4.69) is 34.9 Å². The molecule has 2 aromatic rings. The molecule has 0 amide bonds. The van der Waals surface area contributed by atoms with Crippen LogP contribution in [-0.2, 0) is 6.54 Å². The van der Waals surface area contributed by atoms with Crippen LogP contribution in [0.3, 0.4) is 0 Å². The number of nitrogens with zero attached hydrogens (tertiary/aromatic N) is 2. The first-order valence-corrected chi connectivity index (χ1v) is 7.72. The highest BCUT2D eigenvalue weighted by Crippen LogP contribution is 2.44. The lowest BCUT2D eigenvalue weighted by Crippen LogP contribution is -2.12. The van der Waals surface area contributed by atoms with Gasteiger partial charge in [0.05, 0.1) is 12.2 Å². The van der Waals surface area contributed by atoms with Gasteiger partial charge < -0.3 is 10.3 Å². The molecule has 2 saturated carbocycles. The second-order valence-corrected chi connectivity index (χ2v) is 6.21. The molecular weight excluding hydrogens is 246 g/mol. The van der Waals surface area contributed by atoms with Crippen LogP contribution in [0, 0.1) is 0 Å². The molecule has 0 bridgehead atoms. The Morgan fingerprint density at radius 1 is 1.05 bits per heavy atom. The minimum atomic E-state index is 0.615. The standard InChI is InChI=1S/C17H21N3/c18-16-15(13-7-4-8-13)19-17(14-9-10-14)20(16)11-12-5-2-1-3-6-12/h1-3,5-6,13-14H,4,7-11,18H2. The predicted octanol–water partition coefficient (Wildman–Crippen LogP) is 3.66. The molecular formula is C17H21N3. The minimum Gasteiger partial charge on any atom is -0.384 e. The van der Waals surface area contributed by atoms with Crippen molar-refractivity contribution in [2.24, 2.45) is 0 Å². The van der Waals surface area contributed by atoms with Crippen molar-refractivity contribution in [3.05, 3.63) is 47.4 Å². The summed E-state index contributed by atoms with van der Waals surface area (Å²) in [6.07, 6.45) is 6.40. The number of aromatic nitrogens is 2. The summed E-state index contributed by atoms with van der Waals surface area (Å²) in [6, 6.07) is 10.6. The number of hydrogen-bond acceptors (Lipinski definition) is 2. The summed E-state index contributed by atoms with van der Waals surface area (Å²) in [7, 11) is 0. The Hall–Kier alpha value is -1.77. The summed E-state index contributed by atoms with van der Waals surface area (Å²) >= 11 is 0. The third-order valence-corrected chi connectivity index (χ3v) is 4.68. The van der Waals surface area contributed by atoms with Crippen molar-refractivity contribution in [3.63, 3.8) is 0 Å². The van der Waals surface area contributed by atoms with E-state index >= 15 is 0 Å². The lowest BCUT2D eigenvalue weighted by Gasteiger charge is -2.24. The molecule has 0 unspecified atom stereocenters. The van der Waals surface area contributed by atoms with Crippen LogP contribution in [0.1, 0.15) is 61.0 Å². The molecule has 2 N–H and O–H groups in total. The first-order valence-electron chi connectivity index (χ1n) is 7.72. The summed E-state index contributed by atoms with van der Waals surface area (Å²) in [5.41, 5.74) is 8.91. The Morgan fingerprint density at radius 2 is 1.80 bits per heavy atom. The molecule has 104 valence electrons. The van der Waals surface area contributed by atoms with E-state index in [0.717, 1.165) is 12.4 Å². The van der Waals surface area contributed by atoms with Gasteiger partial charge in [-0.1, -0.05) is 36.8 Å². The summed E-state index contributed by atoms with van der Waals surface area (Å²) in [5.74, 6) is 3.41. The summed E-state index contributed by atoms with van der Waals surface area (Å²) in [6.45, 7) is 0.859. The number of benzene rings is 1. The highest BCUT2D eigenvalue weighted by atomic mass is 15.2. The number of nitrogen functional groups attached to an aromatic ring is 1. The largest absolute Gasteiger partial charge is 0.384 e. The second kappa shape index (κ2) is 4.65. The van der Waals surface area contributed by atoms with Gasteiger partial charge in [0.15, 0.2) is 0 Å². The lowest BCUT2D eigenvalue weighted by atomic mass is 9.83. The van der Waals surface area contributed by atoms with Gasteiger partial charge in [-0.2, -0.15) is 0 Å². The topological polar surface area (TPSA) is 43.8 Å². The molecule has 0 aliphatic heterocycles. The predicted molar refractivity (Wildman–Crippen MR) is 80.8 cm³/mol. The van der Waals surface area contributed by atoms with Gasteiger partial charge in [-0.25, -0.2) is 4.98 Å². The molecule has 2 aliphatic rings. The lowest BCUT2D eigenvalue weighted by molar-refractivity contribution is 0.413. The molecule has 1 aromatic carbocycles. The van der Waals surface area contributed by atoms with Crippen molar-refractivity contribution in [1.29, 1.82) is 0 Å². The van der Waals surface area contributed by atoms with E-state index < -0.39 is 0 Å². The maximum atomic E-state index is 6.43. The van der Waals surface area contributed by atoms with Crippen molar-refractivity contribution in [2.45, 2.75) is 50.5 Å². The molecule has 0 saturated heterocycles. The zero-order chi connectivity index (χ0) is 13.5. The van der Waals surface area contributed by atoms with Gasteiger partial charge in [0.1, 0.15) is 11.6 Å². The number of nitrogens with two attached hydrogens (primary N) is 1. The van der Waals surface area contributed by atoms with E-state index in [-0.39, 0.29) is 0 Å². The van der Waals surface area contributed by atoms with E-state index in [9.17, 15) is 0 Å². The smallest absolute Gasteiger partial charge is 0.127 e.